The van der Waals surface area contributed by atoms with Gasteiger partial charge in [0.15, 0.2) is 11.5 Å². The molecule has 1 atom stereocenters. The summed E-state index contributed by atoms with van der Waals surface area (Å²) in [6, 6.07) is 14.1. The Morgan fingerprint density at radius 3 is 2.33 bits per heavy atom. The summed E-state index contributed by atoms with van der Waals surface area (Å²) in [4.78, 5) is 14.9. The molecule has 1 aliphatic rings. The van der Waals surface area contributed by atoms with Crippen molar-refractivity contribution >= 4 is 11.6 Å². The Kier molecular flexibility index (Phi) is 6.19. The Bertz CT molecular complexity index is 754. The number of ether oxygens (including phenoxy) is 3. The minimum atomic E-state index is -0.0629. The number of hydrogen-bond acceptors (Lipinski definition) is 5. The fourth-order valence-electron chi connectivity index (χ4n) is 3.61. The van der Waals surface area contributed by atoms with E-state index >= 15 is 0 Å². The van der Waals surface area contributed by atoms with Crippen LogP contribution in [0.15, 0.2) is 42.5 Å². The van der Waals surface area contributed by atoms with E-state index in [4.69, 9.17) is 14.2 Å². The molecule has 27 heavy (non-hydrogen) atoms. The Morgan fingerprint density at radius 2 is 1.74 bits per heavy atom. The third-order valence-electron chi connectivity index (χ3n) is 4.84. The molecule has 2 aromatic carbocycles. The second kappa shape index (κ2) is 8.77. The van der Waals surface area contributed by atoms with Crippen molar-refractivity contribution in [1.82, 2.24) is 4.90 Å². The third kappa shape index (κ3) is 4.34. The van der Waals surface area contributed by atoms with Gasteiger partial charge in [0.25, 0.3) is 0 Å². The highest BCUT2D eigenvalue weighted by molar-refractivity contribution is 5.93. The number of carbonyl (C=O) groups excluding carboxylic acids is 1. The lowest BCUT2D eigenvalue weighted by Gasteiger charge is -2.24. The van der Waals surface area contributed by atoms with Crippen molar-refractivity contribution in [2.45, 2.75) is 18.9 Å². The fraction of sp³-hybridized carbons (Fsp3) is 0.381. The lowest BCUT2D eigenvalue weighted by Crippen LogP contribution is -2.32. The summed E-state index contributed by atoms with van der Waals surface area (Å²) in [6.07, 6.45) is 2.17. The summed E-state index contributed by atoms with van der Waals surface area (Å²) in [6.45, 7) is 1.26. The average Bonchev–Trinajstić information content (AvgIpc) is 3.15. The zero-order valence-corrected chi connectivity index (χ0v) is 16.0. The maximum atomic E-state index is 12.6. The number of carbonyl (C=O) groups is 1. The van der Waals surface area contributed by atoms with E-state index in [0.717, 1.165) is 19.4 Å². The van der Waals surface area contributed by atoms with Crippen LogP contribution in [0.3, 0.4) is 0 Å². The molecule has 0 aromatic heterocycles. The molecule has 144 valence electrons. The maximum Gasteiger partial charge on any atom is 0.238 e. The highest BCUT2D eigenvalue weighted by Crippen LogP contribution is 2.40. The van der Waals surface area contributed by atoms with E-state index in [-0.39, 0.29) is 11.9 Å². The zero-order chi connectivity index (χ0) is 19.2. The van der Waals surface area contributed by atoms with Crippen LogP contribution in [-0.2, 0) is 4.79 Å². The van der Waals surface area contributed by atoms with Crippen LogP contribution in [0.5, 0.6) is 17.2 Å². The predicted molar refractivity (Wildman–Crippen MR) is 105 cm³/mol. The number of nitrogens with zero attached hydrogens (tertiary/aromatic N) is 1. The molecule has 0 spiro atoms. The van der Waals surface area contributed by atoms with Crippen molar-refractivity contribution in [3.8, 4) is 17.2 Å². The molecule has 3 rings (SSSR count). The molecule has 0 aliphatic carbocycles. The number of amides is 1. The van der Waals surface area contributed by atoms with Gasteiger partial charge in [-0.05, 0) is 24.9 Å². The number of nitrogens with one attached hydrogen (secondary N) is 1. The summed E-state index contributed by atoms with van der Waals surface area (Å²) in [5, 5.41) is 2.95. The van der Waals surface area contributed by atoms with Crippen molar-refractivity contribution in [3.63, 3.8) is 0 Å². The van der Waals surface area contributed by atoms with Gasteiger partial charge < -0.3 is 19.5 Å². The van der Waals surface area contributed by atoms with E-state index in [1.807, 2.05) is 18.2 Å². The average molecular weight is 370 g/mol. The first kappa shape index (κ1) is 19.0. The topological polar surface area (TPSA) is 60.0 Å². The molecule has 1 aliphatic heterocycles. The summed E-state index contributed by atoms with van der Waals surface area (Å²) in [5.41, 5.74) is 1.88. The second-order valence-corrected chi connectivity index (χ2v) is 6.50. The smallest absolute Gasteiger partial charge is 0.238 e. The molecule has 0 bridgehead atoms. The van der Waals surface area contributed by atoms with E-state index in [2.05, 4.69) is 22.3 Å². The van der Waals surface area contributed by atoms with Crippen LogP contribution in [0, 0.1) is 0 Å². The van der Waals surface area contributed by atoms with Gasteiger partial charge in [0, 0.05) is 23.9 Å². The zero-order valence-electron chi connectivity index (χ0n) is 16.0. The molecular weight excluding hydrogens is 344 g/mol. The molecule has 1 amide bonds. The van der Waals surface area contributed by atoms with Crippen LogP contribution in [0.1, 0.15) is 24.4 Å². The summed E-state index contributed by atoms with van der Waals surface area (Å²) in [5.74, 6) is 1.46. The van der Waals surface area contributed by atoms with Crippen LogP contribution in [-0.4, -0.2) is 45.2 Å². The molecule has 0 radical (unpaired) electrons. The van der Waals surface area contributed by atoms with Crippen LogP contribution < -0.4 is 19.5 Å². The number of rotatable bonds is 7. The Hall–Kier alpha value is -2.73. The van der Waals surface area contributed by atoms with Crippen molar-refractivity contribution in [2.24, 2.45) is 0 Å². The lowest BCUT2D eigenvalue weighted by molar-refractivity contribution is -0.117. The predicted octanol–water partition coefficient (Wildman–Crippen LogP) is 3.49. The lowest BCUT2D eigenvalue weighted by atomic mass is 10.0. The minimum absolute atomic E-state index is 0.0629. The third-order valence-corrected chi connectivity index (χ3v) is 4.84. The maximum absolute atomic E-state index is 12.6. The van der Waals surface area contributed by atoms with Crippen molar-refractivity contribution in [2.75, 3.05) is 39.7 Å². The van der Waals surface area contributed by atoms with E-state index in [1.165, 1.54) is 5.56 Å². The van der Waals surface area contributed by atoms with Gasteiger partial charge in [-0.2, -0.15) is 0 Å². The molecule has 1 saturated heterocycles. The highest BCUT2D eigenvalue weighted by Gasteiger charge is 2.27. The van der Waals surface area contributed by atoms with E-state index in [1.54, 1.807) is 33.5 Å². The van der Waals surface area contributed by atoms with E-state index < -0.39 is 0 Å². The van der Waals surface area contributed by atoms with Crippen molar-refractivity contribution < 1.29 is 19.0 Å². The summed E-state index contributed by atoms with van der Waals surface area (Å²) >= 11 is 0. The standard InChI is InChI=1S/C21H26N2O4/c1-25-18-12-16(13-19(26-2)21(18)27-3)22-20(24)14-23-11-7-10-17(23)15-8-5-4-6-9-15/h4-6,8-9,12-13,17H,7,10-11,14H2,1-3H3,(H,22,24)/t17-/m0/s1. The van der Waals surface area contributed by atoms with E-state index in [0.29, 0.717) is 29.5 Å². The largest absolute Gasteiger partial charge is 0.493 e. The number of hydrogen-bond donors (Lipinski definition) is 1. The van der Waals surface area contributed by atoms with Crippen LogP contribution >= 0.6 is 0 Å². The highest BCUT2D eigenvalue weighted by atomic mass is 16.5. The molecule has 0 unspecified atom stereocenters. The molecular formula is C21H26N2O4. The first-order valence-corrected chi connectivity index (χ1v) is 9.05. The SMILES string of the molecule is COc1cc(NC(=O)CN2CCC[C@H]2c2ccccc2)cc(OC)c1OC. The number of anilines is 1. The quantitative estimate of drug-likeness (QED) is 0.808. The molecule has 0 saturated carbocycles. The van der Waals surface area contributed by atoms with Gasteiger partial charge in [-0.3, -0.25) is 9.69 Å². The van der Waals surface area contributed by atoms with Gasteiger partial charge in [0.05, 0.1) is 27.9 Å². The van der Waals surface area contributed by atoms with Crippen molar-refractivity contribution in [1.29, 1.82) is 0 Å². The van der Waals surface area contributed by atoms with Gasteiger partial charge in [0.2, 0.25) is 11.7 Å². The molecule has 1 N–H and O–H groups in total. The summed E-state index contributed by atoms with van der Waals surface area (Å²) < 4.78 is 16.0. The number of benzene rings is 2. The molecule has 2 aromatic rings. The van der Waals surface area contributed by atoms with Gasteiger partial charge in [-0.15, -0.1) is 0 Å². The van der Waals surface area contributed by atoms with Crippen LogP contribution in [0.4, 0.5) is 5.69 Å². The van der Waals surface area contributed by atoms with Crippen LogP contribution in [0.2, 0.25) is 0 Å². The summed E-state index contributed by atoms with van der Waals surface area (Å²) in [7, 11) is 4.66. The number of methoxy groups -OCH3 is 3. The normalized spacial score (nSPS) is 16.8. The Labute approximate surface area is 160 Å². The first-order chi connectivity index (χ1) is 13.2. The minimum Gasteiger partial charge on any atom is -0.493 e. The van der Waals surface area contributed by atoms with Crippen molar-refractivity contribution in [3.05, 3.63) is 48.0 Å². The molecule has 6 heteroatoms. The Morgan fingerprint density at radius 1 is 1.07 bits per heavy atom. The monoisotopic (exact) mass is 370 g/mol. The molecule has 1 heterocycles. The fourth-order valence-corrected chi connectivity index (χ4v) is 3.61. The van der Waals surface area contributed by atoms with E-state index in [9.17, 15) is 4.79 Å². The first-order valence-electron chi connectivity index (χ1n) is 9.05. The van der Waals surface area contributed by atoms with Gasteiger partial charge >= 0.3 is 0 Å². The second-order valence-electron chi connectivity index (χ2n) is 6.50. The van der Waals surface area contributed by atoms with Gasteiger partial charge in [0.1, 0.15) is 0 Å². The number of likely N-dealkylation sites (tertiary alicyclic amines) is 1. The molecule has 6 nitrogen and oxygen atoms in total. The molecule has 1 fully saturated rings. The van der Waals surface area contributed by atoms with Crippen LogP contribution in [0.25, 0.3) is 0 Å². The van der Waals surface area contributed by atoms with Gasteiger partial charge in [-0.1, -0.05) is 30.3 Å². The Balaban J connectivity index is 1.70. The van der Waals surface area contributed by atoms with Gasteiger partial charge in [-0.25, -0.2) is 0 Å².